The van der Waals surface area contributed by atoms with Crippen LogP contribution in [0.2, 0.25) is 0 Å². The van der Waals surface area contributed by atoms with Crippen molar-refractivity contribution in [1.82, 2.24) is 4.90 Å². The largest absolute Gasteiger partial charge is 0.418 e. The first-order valence-electron chi connectivity index (χ1n) is 8.59. The lowest BCUT2D eigenvalue weighted by molar-refractivity contribution is -0.137. The first-order chi connectivity index (χ1) is 12.8. The van der Waals surface area contributed by atoms with Gasteiger partial charge in [-0.3, -0.25) is 9.59 Å². The highest BCUT2D eigenvalue weighted by molar-refractivity contribution is 5.97. The molecule has 1 heterocycles. The molecule has 4 nitrogen and oxygen atoms in total. The maximum atomic E-state index is 13.1. The summed E-state index contributed by atoms with van der Waals surface area (Å²) in [7, 11) is 0. The Morgan fingerprint density at radius 3 is 2.41 bits per heavy atom. The van der Waals surface area contributed by atoms with Gasteiger partial charge in [-0.05, 0) is 24.6 Å². The summed E-state index contributed by atoms with van der Waals surface area (Å²) in [5.74, 6) is -1.46. The second-order valence-corrected chi connectivity index (χ2v) is 6.57. The summed E-state index contributed by atoms with van der Waals surface area (Å²) in [6, 6.07) is 14.0. The average Bonchev–Trinajstić information content (AvgIpc) is 3.03. The zero-order valence-electron chi connectivity index (χ0n) is 14.7. The molecule has 142 valence electrons. The summed E-state index contributed by atoms with van der Waals surface area (Å²) in [5.41, 5.74) is -0.261. The molecule has 27 heavy (non-hydrogen) atoms. The highest BCUT2D eigenvalue weighted by Gasteiger charge is 2.38. The molecule has 0 bridgehead atoms. The number of anilines is 1. The quantitative estimate of drug-likeness (QED) is 0.867. The lowest BCUT2D eigenvalue weighted by Gasteiger charge is -2.25. The molecule has 2 aromatic rings. The minimum absolute atomic E-state index is 0.0167. The first kappa shape index (κ1) is 18.9. The fraction of sp³-hybridized carbons (Fsp3) is 0.300. The molecule has 0 saturated carbocycles. The van der Waals surface area contributed by atoms with Crippen molar-refractivity contribution in [2.75, 3.05) is 11.9 Å². The molecule has 2 aromatic carbocycles. The second kappa shape index (κ2) is 7.42. The fourth-order valence-electron chi connectivity index (χ4n) is 3.27. The number of alkyl halides is 3. The third kappa shape index (κ3) is 4.13. The van der Waals surface area contributed by atoms with Crippen LogP contribution in [0, 0.1) is 5.92 Å². The molecule has 1 aliphatic rings. The van der Waals surface area contributed by atoms with Crippen LogP contribution in [-0.4, -0.2) is 23.3 Å². The van der Waals surface area contributed by atoms with E-state index in [0.29, 0.717) is 0 Å². The number of carbonyl (C=O) groups excluding carboxylic acids is 2. The molecule has 0 aromatic heterocycles. The van der Waals surface area contributed by atoms with Crippen LogP contribution in [0.25, 0.3) is 0 Å². The SMILES string of the molecule is C[C@@H](c1ccccc1)N1C[C@@H](C(=O)Nc2ccccc2C(F)(F)F)CC1=O. The van der Waals surface area contributed by atoms with Gasteiger partial charge in [-0.15, -0.1) is 0 Å². The Kier molecular flexibility index (Phi) is 5.21. The number of likely N-dealkylation sites (tertiary alicyclic amines) is 1. The van der Waals surface area contributed by atoms with Crippen molar-refractivity contribution in [2.24, 2.45) is 5.92 Å². The van der Waals surface area contributed by atoms with Crippen LogP contribution in [0.15, 0.2) is 54.6 Å². The Hall–Kier alpha value is -2.83. The molecule has 3 rings (SSSR count). The zero-order valence-corrected chi connectivity index (χ0v) is 14.7. The highest BCUT2D eigenvalue weighted by Crippen LogP contribution is 2.35. The standard InChI is InChI=1S/C20H19F3N2O2/c1-13(14-7-3-2-4-8-14)25-12-15(11-18(25)26)19(27)24-17-10-6-5-9-16(17)20(21,22)23/h2-10,13,15H,11-12H2,1H3,(H,24,27)/t13-,15-/m0/s1. The Labute approximate surface area is 155 Å². The minimum Gasteiger partial charge on any atom is -0.335 e. The third-order valence-electron chi connectivity index (χ3n) is 4.77. The maximum Gasteiger partial charge on any atom is 0.418 e. The van der Waals surface area contributed by atoms with E-state index in [1.54, 1.807) is 4.90 Å². The molecular weight excluding hydrogens is 357 g/mol. The van der Waals surface area contributed by atoms with Crippen molar-refractivity contribution in [3.8, 4) is 0 Å². The van der Waals surface area contributed by atoms with Gasteiger partial charge >= 0.3 is 6.18 Å². The van der Waals surface area contributed by atoms with Crippen LogP contribution in [-0.2, 0) is 15.8 Å². The fourth-order valence-corrected chi connectivity index (χ4v) is 3.27. The topological polar surface area (TPSA) is 49.4 Å². The Balaban J connectivity index is 1.72. The van der Waals surface area contributed by atoms with E-state index in [1.165, 1.54) is 18.2 Å². The van der Waals surface area contributed by atoms with Crippen molar-refractivity contribution in [3.05, 3.63) is 65.7 Å². The smallest absolute Gasteiger partial charge is 0.335 e. The van der Waals surface area contributed by atoms with Crippen molar-refractivity contribution in [1.29, 1.82) is 0 Å². The molecule has 0 aliphatic carbocycles. The van der Waals surface area contributed by atoms with Crippen molar-refractivity contribution in [3.63, 3.8) is 0 Å². The van der Waals surface area contributed by atoms with Gasteiger partial charge in [0.15, 0.2) is 0 Å². The first-order valence-corrected chi connectivity index (χ1v) is 8.59. The molecule has 0 radical (unpaired) electrons. The van der Waals surface area contributed by atoms with Crippen LogP contribution in [0.3, 0.4) is 0 Å². The molecule has 0 unspecified atom stereocenters. The molecule has 2 atom stereocenters. The van der Waals surface area contributed by atoms with Gasteiger partial charge in [0, 0.05) is 13.0 Å². The predicted octanol–water partition coefficient (Wildman–Crippen LogP) is 4.25. The number of para-hydroxylation sites is 1. The van der Waals surface area contributed by atoms with Gasteiger partial charge in [0.1, 0.15) is 0 Å². The molecule has 1 fully saturated rings. The van der Waals surface area contributed by atoms with Crippen LogP contribution in [0.1, 0.15) is 30.5 Å². The van der Waals surface area contributed by atoms with E-state index in [9.17, 15) is 22.8 Å². The van der Waals surface area contributed by atoms with E-state index >= 15 is 0 Å². The van der Waals surface area contributed by atoms with Gasteiger partial charge in [-0.25, -0.2) is 0 Å². The van der Waals surface area contributed by atoms with Crippen molar-refractivity contribution in [2.45, 2.75) is 25.6 Å². The van der Waals surface area contributed by atoms with Crippen LogP contribution in [0.5, 0.6) is 0 Å². The minimum atomic E-state index is -4.57. The van der Waals surface area contributed by atoms with Gasteiger partial charge in [0.25, 0.3) is 0 Å². The average molecular weight is 376 g/mol. The van der Waals surface area contributed by atoms with Gasteiger partial charge in [-0.2, -0.15) is 13.2 Å². The van der Waals surface area contributed by atoms with E-state index in [2.05, 4.69) is 5.32 Å². The van der Waals surface area contributed by atoms with E-state index in [1.807, 2.05) is 37.3 Å². The number of carbonyl (C=O) groups is 2. The normalized spacial score (nSPS) is 18.4. The van der Waals surface area contributed by atoms with Crippen LogP contribution < -0.4 is 5.32 Å². The number of nitrogens with one attached hydrogen (secondary N) is 1. The van der Waals surface area contributed by atoms with Gasteiger partial charge in [0.2, 0.25) is 11.8 Å². The number of nitrogens with zero attached hydrogens (tertiary/aromatic N) is 1. The van der Waals surface area contributed by atoms with Crippen LogP contribution in [0.4, 0.5) is 18.9 Å². The summed E-state index contributed by atoms with van der Waals surface area (Å²) in [4.78, 5) is 26.4. The summed E-state index contributed by atoms with van der Waals surface area (Å²) in [6.07, 6.45) is -4.58. The van der Waals surface area contributed by atoms with Crippen molar-refractivity contribution >= 4 is 17.5 Å². The maximum absolute atomic E-state index is 13.1. The number of rotatable bonds is 4. The summed E-state index contributed by atoms with van der Waals surface area (Å²) >= 11 is 0. The molecule has 0 spiro atoms. The molecule has 1 saturated heterocycles. The summed E-state index contributed by atoms with van der Waals surface area (Å²) in [6.45, 7) is 2.04. The zero-order chi connectivity index (χ0) is 19.6. The van der Waals surface area contributed by atoms with E-state index in [4.69, 9.17) is 0 Å². The number of benzene rings is 2. The third-order valence-corrected chi connectivity index (χ3v) is 4.77. The van der Waals surface area contributed by atoms with E-state index in [0.717, 1.165) is 11.6 Å². The molecule has 2 amide bonds. The van der Waals surface area contributed by atoms with E-state index < -0.39 is 23.6 Å². The summed E-state index contributed by atoms with van der Waals surface area (Å²) in [5, 5.41) is 2.34. The van der Waals surface area contributed by atoms with Gasteiger partial charge < -0.3 is 10.2 Å². The summed E-state index contributed by atoms with van der Waals surface area (Å²) < 4.78 is 39.2. The predicted molar refractivity (Wildman–Crippen MR) is 94.8 cm³/mol. The number of amides is 2. The molecule has 1 aliphatic heterocycles. The molecule has 7 heteroatoms. The Morgan fingerprint density at radius 1 is 1.11 bits per heavy atom. The van der Waals surface area contributed by atoms with Gasteiger partial charge in [-0.1, -0.05) is 42.5 Å². The second-order valence-electron chi connectivity index (χ2n) is 6.57. The lowest BCUT2D eigenvalue weighted by atomic mass is 10.1. The Morgan fingerprint density at radius 2 is 1.74 bits per heavy atom. The number of hydrogen-bond acceptors (Lipinski definition) is 2. The van der Waals surface area contributed by atoms with Crippen molar-refractivity contribution < 1.29 is 22.8 Å². The monoisotopic (exact) mass is 376 g/mol. The van der Waals surface area contributed by atoms with E-state index in [-0.39, 0.29) is 30.6 Å². The lowest BCUT2D eigenvalue weighted by Crippen LogP contribution is -2.30. The molecular formula is C20H19F3N2O2. The Bertz CT molecular complexity index is 837. The molecule has 1 N–H and O–H groups in total. The number of halogens is 3. The van der Waals surface area contributed by atoms with Crippen LogP contribution >= 0.6 is 0 Å². The highest BCUT2D eigenvalue weighted by atomic mass is 19.4. The number of hydrogen-bond donors (Lipinski definition) is 1. The van der Waals surface area contributed by atoms with Gasteiger partial charge in [0.05, 0.1) is 23.2 Å².